The number of amides is 2. The third-order valence-electron chi connectivity index (χ3n) is 4.27. The van der Waals surface area contributed by atoms with Crippen LogP contribution in [0.25, 0.3) is 6.08 Å². The molecule has 0 saturated heterocycles. The van der Waals surface area contributed by atoms with Crippen LogP contribution in [0.3, 0.4) is 0 Å². The maximum atomic E-state index is 12.7. The standard InChI is InChI=1S/C22H23N3O6/c26-20(27)12-5-2-6-13-23-22(29)19(24-21(28)17-9-3-1-4-10-17)15-16-8-7-11-18(14-16)25(30)31/h1,3-4,7-11,14-15H,2,5-6,12-13H2,(H,23,29)(H,24,28)(H,26,27)/b19-15+. The molecule has 0 bridgehead atoms. The van der Waals surface area contributed by atoms with Crippen molar-refractivity contribution < 1.29 is 24.4 Å². The first kappa shape index (κ1) is 23.3. The van der Waals surface area contributed by atoms with Crippen LogP contribution in [0.5, 0.6) is 0 Å². The van der Waals surface area contributed by atoms with E-state index in [9.17, 15) is 24.5 Å². The molecule has 2 amide bonds. The maximum Gasteiger partial charge on any atom is 0.303 e. The molecule has 31 heavy (non-hydrogen) atoms. The molecular weight excluding hydrogens is 402 g/mol. The van der Waals surface area contributed by atoms with Gasteiger partial charge in [0.1, 0.15) is 5.70 Å². The number of nitrogens with zero attached hydrogens (tertiary/aromatic N) is 1. The lowest BCUT2D eigenvalue weighted by molar-refractivity contribution is -0.384. The Kier molecular flexibility index (Phi) is 8.90. The topological polar surface area (TPSA) is 139 Å². The number of nitro groups is 1. The Morgan fingerprint density at radius 2 is 1.74 bits per heavy atom. The predicted molar refractivity (Wildman–Crippen MR) is 114 cm³/mol. The minimum absolute atomic E-state index is 0.0557. The number of carbonyl (C=O) groups is 3. The Labute approximate surface area is 178 Å². The highest BCUT2D eigenvalue weighted by atomic mass is 16.6. The lowest BCUT2D eigenvalue weighted by Gasteiger charge is -2.11. The summed E-state index contributed by atoms with van der Waals surface area (Å²) < 4.78 is 0. The Morgan fingerprint density at radius 1 is 1.00 bits per heavy atom. The molecule has 0 aromatic heterocycles. The predicted octanol–water partition coefficient (Wildman–Crippen LogP) is 3.13. The van der Waals surface area contributed by atoms with E-state index < -0.39 is 22.7 Å². The summed E-state index contributed by atoms with van der Waals surface area (Å²) in [5.41, 5.74) is 0.546. The number of nitro benzene ring substituents is 1. The number of carboxylic acids is 1. The Hall–Kier alpha value is -4.01. The summed E-state index contributed by atoms with van der Waals surface area (Å²) in [5, 5.41) is 24.9. The van der Waals surface area contributed by atoms with Gasteiger partial charge in [0, 0.05) is 30.7 Å². The molecule has 2 aromatic rings. The maximum absolute atomic E-state index is 12.7. The van der Waals surface area contributed by atoms with E-state index in [0.717, 1.165) is 0 Å². The summed E-state index contributed by atoms with van der Waals surface area (Å²) in [5.74, 6) is -1.90. The average molecular weight is 425 g/mol. The van der Waals surface area contributed by atoms with Crippen LogP contribution >= 0.6 is 0 Å². The van der Waals surface area contributed by atoms with Crippen molar-refractivity contribution in [3.63, 3.8) is 0 Å². The summed E-state index contributed by atoms with van der Waals surface area (Å²) in [7, 11) is 0. The summed E-state index contributed by atoms with van der Waals surface area (Å²) in [6.07, 6.45) is 3.15. The molecule has 2 rings (SSSR count). The summed E-state index contributed by atoms with van der Waals surface area (Å²) in [4.78, 5) is 46.1. The van der Waals surface area contributed by atoms with Gasteiger partial charge in [0.25, 0.3) is 17.5 Å². The Morgan fingerprint density at radius 3 is 2.42 bits per heavy atom. The molecule has 0 heterocycles. The first-order chi connectivity index (χ1) is 14.9. The van der Waals surface area contributed by atoms with E-state index in [4.69, 9.17) is 5.11 Å². The quantitative estimate of drug-likeness (QED) is 0.219. The third-order valence-corrected chi connectivity index (χ3v) is 4.27. The van der Waals surface area contributed by atoms with Crippen molar-refractivity contribution in [2.75, 3.05) is 6.54 Å². The zero-order valence-electron chi connectivity index (χ0n) is 16.7. The Bertz CT molecular complexity index is 972. The van der Waals surface area contributed by atoms with Crippen molar-refractivity contribution in [3.05, 3.63) is 81.5 Å². The molecule has 0 radical (unpaired) electrons. The number of rotatable bonds is 11. The van der Waals surface area contributed by atoms with Gasteiger partial charge in [-0.05, 0) is 36.6 Å². The molecule has 0 fully saturated rings. The van der Waals surface area contributed by atoms with Crippen LogP contribution in [0, 0.1) is 10.1 Å². The summed E-state index contributed by atoms with van der Waals surface area (Å²) >= 11 is 0. The number of nitrogens with one attached hydrogen (secondary N) is 2. The van der Waals surface area contributed by atoms with E-state index in [2.05, 4.69) is 10.6 Å². The number of non-ortho nitro benzene ring substituents is 1. The van der Waals surface area contributed by atoms with Crippen LogP contribution in [-0.2, 0) is 9.59 Å². The SMILES string of the molecule is O=C(O)CCCCCNC(=O)/C(=C\c1cccc([N+](=O)[O-])c1)NC(=O)c1ccccc1. The zero-order chi connectivity index (χ0) is 22.6. The first-order valence-corrected chi connectivity index (χ1v) is 9.69. The minimum Gasteiger partial charge on any atom is -0.481 e. The van der Waals surface area contributed by atoms with Gasteiger partial charge in [-0.3, -0.25) is 24.5 Å². The molecule has 0 saturated carbocycles. The highest BCUT2D eigenvalue weighted by molar-refractivity contribution is 6.05. The van der Waals surface area contributed by atoms with Crippen LogP contribution in [0.1, 0.15) is 41.6 Å². The third kappa shape index (κ3) is 8.09. The van der Waals surface area contributed by atoms with Gasteiger partial charge < -0.3 is 15.7 Å². The van der Waals surface area contributed by atoms with Crippen molar-refractivity contribution in [2.24, 2.45) is 0 Å². The van der Waals surface area contributed by atoms with Gasteiger partial charge in [-0.25, -0.2) is 0 Å². The van der Waals surface area contributed by atoms with Gasteiger partial charge in [-0.2, -0.15) is 0 Å². The molecule has 0 unspecified atom stereocenters. The first-order valence-electron chi connectivity index (χ1n) is 9.69. The molecule has 0 aliphatic heterocycles. The minimum atomic E-state index is -0.866. The van der Waals surface area contributed by atoms with Crippen molar-refractivity contribution in [1.82, 2.24) is 10.6 Å². The van der Waals surface area contributed by atoms with Gasteiger partial charge in [-0.15, -0.1) is 0 Å². The molecule has 162 valence electrons. The van der Waals surface area contributed by atoms with Gasteiger partial charge in [0.2, 0.25) is 0 Å². The normalized spacial score (nSPS) is 10.9. The van der Waals surface area contributed by atoms with Gasteiger partial charge in [-0.1, -0.05) is 36.8 Å². The smallest absolute Gasteiger partial charge is 0.303 e. The molecular formula is C22H23N3O6. The van der Waals surface area contributed by atoms with Crippen LogP contribution < -0.4 is 10.6 Å². The molecule has 9 heteroatoms. The van der Waals surface area contributed by atoms with Gasteiger partial charge in [0.15, 0.2) is 0 Å². The zero-order valence-corrected chi connectivity index (χ0v) is 16.7. The van der Waals surface area contributed by atoms with Crippen molar-refractivity contribution in [1.29, 1.82) is 0 Å². The van der Waals surface area contributed by atoms with Crippen molar-refractivity contribution in [2.45, 2.75) is 25.7 Å². The fourth-order valence-corrected chi connectivity index (χ4v) is 2.71. The average Bonchev–Trinajstić information content (AvgIpc) is 2.76. The molecule has 0 aliphatic rings. The summed E-state index contributed by atoms with van der Waals surface area (Å²) in [6, 6.07) is 14.0. The second-order valence-corrected chi connectivity index (χ2v) is 6.69. The molecule has 2 aromatic carbocycles. The molecule has 0 spiro atoms. The number of aliphatic carboxylic acids is 1. The van der Waals surface area contributed by atoms with Crippen LogP contribution in [0.4, 0.5) is 5.69 Å². The van der Waals surface area contributed by atoms with Crippen LogP contribution in [0.2, 0.25) is 0 Å². The van der Waals surface area contributed by atoms with E-state index in [-0.39, 0.29) is 17.8 Å². The monoisotopic (exact) mass is 425 g/mol. The number of carbonyl (C=O) groups excluding carboxylic acids is 2. The fourth-order valence-electron chi connectivity index (χ4n) is 2.71. The molecule has 0 aliphatic carbocycles. The molecule has 3 N–H and O–H groups in total. The number of hydrogen-bond donors (Lipinski definition) is 3. The van der Waals surface area contributed by atoms with E-state index in [1.165, 1.54) is 24.3 Å². The lowest BCUT2D eigenvalue weighted by Crippen LogP contribution is -2.35. The van der Waals surface area contributed by atoms with Gasteiger partial charge in [0.05, 0.1) is 4.92 Å². The van der Waals surface area contributed by atoms with E-state index in [1.54, 1.807) is 36.4 Å². The van der Waals surface area contributed by atoms with Crippen molar-refractivity contribution in [3.8, 4) is 0 Å². The highest BCUT2D eigenvalue weighted by Gasteiger charge is 2.15. The highest BCUT2D eigenvalue weighted by Crippen LogP contribution is 2.15. The number of unbranched alkanes of at least 4 members (excludes halogenated alkanes) is 2. The van der Waals surface area contributed by atoms with E-state index in [1.807, 2.05) is 0 Å². The van der Waals surface area contributed by atoms with Gasteiger partial charge >= 0.3 is 5.97 Å². The molecule has 0 atom stereocenters. The van der Waals surface area contributed by atoms with Crippen LogP contribution in [-0.4, -0.2) is 34.4 Å². The number of hydrogen-bond acceptors (Lipinski definition) is 5. The number of benzene rings is 2. The second-order valence-electron chi connectivity index (χ2n) is 6.69. The second kappa shape index (κ2) is 11.9. The number of carboxylic acid groups (broad SMARTS) is 1. The Balaban J connectivity index is 2.12. The van der Waals surface area contributed by atoms with E-state index in [0.29, 0.717) is 36.9 Å². The fraction of sp³-hybridized carbons (Fsp3) is 0.227. The largest absolute Gasteiger partial charge is 0.481 e. The summed E-state index contributed by atoms with van der Waals surface area (Å²) in [6.45, 7) is 0.298. The lowest BCUT2D eigenvalue weighted by atomic mass is 10.1. The van der Waals surface area contributed by atoms with E-state index >= 15 is 0 Å². The van der Waals surface area contributed by atoms with Crippen LogP contribution in [0.15, 0.2) is 60.3 Å². The molecule has 9 nitrogen and oxygen atoms in total. The van der Waals surface area contributed by atoms with Crippen molar-refractivity contribution >= 4 is 29.5 Å².